The fraction of sp³-hybridized carbons (Fsp3) is 0.918. The van der Waals surface area contributed by atoms with Gasteiger partial charge in [0.15, 0.2) is 25.0 Å². The fourth-order valence-electron chi connectivity index (χ4n) is 15.2. The van der Waals surface area contributed by atoms with Gasteiger partial charge in [-0.3, -0.25) is 4.79 Å². The number of aliphatic carboxylic acids is 1. The molecule has 4 saturated carbocycles. The zero-order chi connectivity index (χ0) is 49.1. The molecule has 23 atom stereocenters. The van der Waals surface area contributed by atoms with Gasteiger partial charge in [-0.1, -0.05) is 60.1 Å². The SMILES string of the molecule is COC(=O)C1OC(OC2CCC3(C)C(CCC4(C)C3CC=C3C5CC(C)(C)CCC5(C(=O)O)CCC34C)C2(C)C)C(OC2OC(CO)C(O)C(O)C2OC2OC(C)C(O)C(O)C2O)C(O)C1O. The van der Waals surface area contributed by atoms with Gasteiger partial charge in [0.2, 0.25) is 0 Å². The molecule has 0 spiro atoms. The Hall–Kier alpha value is -1.88. The molecule has 8 rings (SSSR count). The number of carboxylic acid groups (broad SMARTS) is 1. The number of carbonyl (C=O) groups is 2. The van der Waals surface area contributed by atoms with Gasteiger partial charge >= 0.3 is 11.9 Å². The largest absolute Gasteiger partial charge is 0.481 e. The number of ether oxygens (including phenoxy) is 7. The average Bonchev–Trinajstić information content (AvgIpc) is 3.27. The number of hydrogen-bond donors (Lipinski definition) is 9. The van der Waals surface area contributed by atoms with Gasteiger partial charge in [0, 0.05) is 0 Å². The molecule has 9 N–H and O–H groups in total. The number of aliphatic hydroxyl groups is 8. The summed E-state index contributed by atoms with van der Waals surface area (Å²) in [5.41, 5.74) is -0.320. The number of allylic oxidation sites excluding steroid dienone is 2. The van der Waals surface area contributed by atoms with Crippen LogP contribution in [0.5, 0.6) is 0 Å². The quantitative estimate of drug-likeness (QED) is 0.0907. The van der Waals surface area contributed by atoms with Gasteiger partial charge in [0.05, 0.1) is 31.3 Å². The van der Waals surface area contributed by atoms with Crippen LogP contribution in [0.4, 0.5) is 0 Å². The Bertz CT molecular complexity index is 1880. The molecule has 23 unspecified atom stereocenters. The Morgan fingerprint density at radius 1 is 0.687 bits per heavy atom. The molecule has 0 amide bonds. The van der Waals surface area contributed by atoms with Crippen LogP contribution >= 0.6 is 0 Å². The highest BCUT2D eigenvalue weighted by Gasteiger charge is 2.70. The third-order valence-electron chi connectivity index (χ3n) is 19.5. The van der Waals surface area contributed by atoms with E-state index in [1.54, 1.807) is 0 Å². The van der Waals surface area contributed by atoms with Crippen LogP contribution in [-0.2, 0) is 42.7 Å². The fourth-order valence-corrected chi connectivity index (χ4v) is 15.2. The Balaban J connectivity index is 1.07. The van der Waals surface area contributed by atoms with Crippen molar-refractivity contribution in [2.45, 2.75) is 218 Å². The van der Waals surface area contributed by atoms with Crippen molar-refractivity contribution in [3.63, 3.8) is 0 Å². The summed E-state index contributed by atoms with van der Waals surface area (Å²) in [6.45, 7) is 16.8. The highest BCUT2D eigenvalue weighted by atomic mass is 16.8. The maximum Gasteiger partial charge on any atom is 0.337 e. The van der Waals surface area contributed by atoms with Gasteiger partial charge in [-0.2, -0.15) is 0 Å². The lowest BCUT2D eigenvalue weighted by molar-refractivity contribution is -0.395. The molecule has 3 aliphatic heterocycles. The number of hydrogen-bond acceptors (Lipinski definition) is 17. The number of carbonyl (C=O) groups excluding carboxylic acids is 1. The minimum atomic E-state index is -1.91. The van der Waals surface area contributed by atoms with Crippen molar-refractivity contribution < 1.29 is 88.7 Å². The van der Waals surface area contributed by atoms with Crippen LogP contribution in [0.2, 0.25) is 0 Å². The molecule has 67 heavy (non-hydrogen) atoms. The van der Waals surface area contributed by atoms with Crippen molar-refractivity contribution in [2.75, 3.05) is 13.7 Å². The van der Waals surface area contributed by atoms with Crippen molar-refractivity contribution in [3.8, 4) is 0 Å². The Labute approximate surface area is 393 Å². The van der Waals surface area contributed by atoms with Crippen molar-refractivity contribution in [2.24, 2.45) is 50.2 Å². The van der Waals surface area contributed by atoms with Crippen LogP contribution in [-0.4, -0.2) is 170 Å². The van der Waals surface area contributed by atoms with Crippen LogP contribution in [0.15, 0.2) is 11.6 Å². The number of rotatable bonds is 9. The Morgan fingerprint density at radius 3 is 1.96 bits per heavy atom. The smallest absolute Gasteiger partial charge is 0.337 e. The van der Waals surface area contributed by atoms with E-state index < -0.39 is 128 Å². The van der Waals surface area contributed by atoms with Crippen LogP contribution in [0.25, 0.3) is 0 Å². The molecule has 0 radical (unpaired) electrons. The monoisotopic (exact) mass is 955 g/mol. The maximum atomic E-state index is 13.2. The van der Waals surface area contributed by atoms with E-state index in [1.807, 2.05) is 0 Å². The summed E-state index contributed by atoms with van der Waals surface area (Å²) < 4.78 is 41.7. The standard InChI is InChI=1S/C49H78O18/c1-22-29(51)31(53)35(57)40(62-22)66-37-32(54)30(52)25(21-50)63-41(37)67-38-34(56)33(55)36(39(58)61-9)65-42(38)64-28-13-14-46(6)26(45(28,4)5)12-15-48(8)27(46)11-10-23-24-20-44(2,3)16-18-49(24,43(59)60)19-17-47(23,48)7/h10,22,24-38,40-42,50-57H,11-21H2,1-9H3,(H,59,60). The van der Waals surface area contributed by atoms with Gasteiger partial charge in [-0.05, 0) is 116 Å². The van der Waals surface area contributed by atoms with E-state index in [1.165, 1.54) is 12.5 Å². The molecular weight excluding hydrogens is 877 g/mol. The first-order valence-corrected chi connectivity index (χ1v) is 24.5. The predicted molar refractivity (Wildman–Crippen MR) is 234 cm³/mol. The third kappa shape index (κ3) is 8.07. The summed E-state index contributed by atoms with van der Waals surface area (Å²) >= 11 is 0. The number of aliphatic hydroxyl groups excluding tert-OH is 8. The molecule has 0 bridgehead atoms. The van der Waals surface area contributed by atoms with E-state index in [4.69, 9.17) is 33.2 Å². The number of fused-ring (bicyclic) bond motifs is 7. The van der Waals surface area contributed by atoms with Gasteiger partial charge in [-0.25, -0.2) is 4.79 Å². The van der Waals surface area contributed by atoms with E-state index in [9.17, 15) is 55.5 Å². The van der Waals surface area contributed by atoms with Crippen molar-refractivity contribution in [1.82, 2.24) is 0 Å². The number of esters is 1. The average molecular weight is 955 g/mol. The molecule has 0 aromatic carbocycles. The highest BCUT2D eigenvalue weighted by molar-refractivity contribution is 5.77. The van der Waals surface area contributed by atoms with E-state index in [0.717, 1.165) is 52.1 Å². The highest BCUT2D eigenvalue weighted by Crippen LogP contribution is 2.76. The van der Waals surface area contributed by atoms with Gasteiger partial charge in [-0.15, -0.1) is 0 Å². The van der Waals surface area contributed by atoms with Crippen molar-refractivity contribution in [3.05, 3.63) is 11.6 Å². The summed E-state index contributed by atoms with van der Waals surface area (Å²) in [4.78, 5) is 26.2. The molecule has 7 fully saturated rings. The summed E-state index contributed by atoms with van der Waals surface area (Å²) in [6.07, 6.45) is -15.3. The number of carboxylic acids is 1. The van der Waals surface area contributed by atoms with Gasteiger partial charge < -0.3 is 79.1 Å². The second-order valence-electron chi connectivity index (χ2n) is 23.7. The molecule has 0 aromatic rings. The zero-order valence-electron chi connectivity index (χ0n) is 40.5. The van der Waals surface area contributed by atoms with Crippen LogP contribution < -0.4 is 0 Å². The lowest BCUT2D eigenvalue weighted by atomic mass is 9.33. The molecule has 18 nitrogen and oxygen atoms in total. The summed E-state index contributed by atoms with van der Waals surface area (Å²) in [5.74, 6) is -1.24. The Kier molecular flexibility index (Phi) is 13.8. The lowest BCUT2D eigenvalue weighted by Crippen LogP contribution is -2.68. The maximum absolute atomic E-state index is 13.2. The molecule has 382 valence electrons. The first-order valence-electron chi connectivity index (χ1n) is 24.5. The molecule has 18 heteroatoms. The molecule has 3 saturated heterocycles. The normalized spacial score (nSPS) is 52.6. The number of methoxy groups -OCH3 is 1. The van der Waals surface area contributed by atoms with E-state index in [2.05, 4.69) is 54.5 Å². The molecule has 5 aliphatic carbocycles. The van der Waals surface area contributed by atoms with E-state index >= 15 is 0 Å². The lowest BCUT2D eigenvalue weighted by Gasteiger charge is -2.71. The van der Waals surface area contributed by atoms with Gasteiger partial charge in [0.25, 0.3) is 0 Å². The second kappa shape index (κ2) is 18.0. The summed E-state index contributed by atoms with van der Waals surface area (Å²) in [5, 5.41) is 97.9. The summed E-state index contributed by atoms with van der Waals surface area (Å²) in [6, 6.07) is 0. The molecular formula is C49H78O18. The summed E-state index contributed by atoms with van der Waals surface area (Å²) in [7, 11) is 1.11. The molecule has 8 aliphatic rings. The molecule has 3 heterocycles. The van der Waals surface area contributed by atoms with E-state index in [-0.39, 0.29) is 39.4 Å². The second-order valence-corrected chi connectivity index (χ2v) is 23.7. The topological polar surface area (TPSA) is 281 Å². The molecule has 0 aromatic heterocycles. The first kappa shape index (κ1) is 51.5. The van der Waals surface area contributed by atoms with Gasteiger partial charge in [0.1, 0.15) is 61.0 Å². The predicted octanol–water partition coefficient (Wildman–Crippen LogP) is 1.91. The van der Waals surface area contributed by atoms with Crippen LogP contribution in [0.3, 0.4) is 0 Å². The zero-order valence-corrected chi connectivity index (χ0v) is 40.5. The minimum absolute atomic E-state index is 0.00811. The first-order chi connectivity index (χ1) is 31.2. The van der Waals surface area contributed by atoms with Crippen molar-refractivity contribution >= 4 is 11.9 Å². The van der Waals surface area contributed by atoms with Crippen molar-refractivity contribution in [1.29, 1.82) is 0 Å². The third-order valence-corrected chi connectivity index (χ3v) is 19.5. The van der Waals surface area contributed by atoms with Crippen LogP contribution in [0, 0.1) is 50.2 Å². The van der Waals surface area contributed by atoms with Crippen LogP contribution in [0.1, 0.15) is 120 Å². The Morgan fingerprint density at radius 2 is 1.31 bits per heavy atom. The minimum Gasteiger partial charge on any atom is -0.481 e. The van der Waals surface area contributed by atoms with E-state index in [0.29, 0.717) is 19.3 Å².